The number of ether oxygens (including phenoxy) is 1. The number of methoxy groups -OCH3 is 1. The standard InChI is InChI=1S/C15H28N4O3S/c1-7-14-17-10-11(19(14)23(20,21)18(4)5)9-16-12-8-13(22-6)15(12,2)3/h10,12-13,16H,7-9H2,1-6H3. The van der Waals surface area contributed by atoms with Crippen LogP contribution in [0.3, 0.4) is 0 Å². The van der Waals surface area contributed by atoms with Crippen LogP contribution in [0.1, 0.15) is 38.7 Å². The van der Waals surface area contributed by atoms with Gasteiger partial charge in [0.25, 0.3) is 0 Å². The molecule has 0 amide bonds. The summed E-state index contributed by atoms with van der Waals surface area (Å²) in [6.07, 6.45) is 3.38. The molecule has 1 N–H and O–H groups in total. The van der Waals surface area contributed by atoms with Gasteiger partial charge in [-0.05, 0) is 6.42 Å². The zero-order chi connectivity index (χ0) is 17.4. The largest absolute Gasteiger partial charge is 0.381 e. The van der Waals surface area contributed by atoms with Crippen LogP contribution < -0.4 is 5.32 Å². The molecule has 2 unspecified atom stereocenters. The summed E-state index contributed by atoms with van der Waals surface area (Å²) in [5, 5.41) is 3.46. The smallest absolute Gasteiger partial charge is 0.308 e. The van der Waals surface area contributed by atoms with Gasteiger partial charge < -0.3 is 10.1 Å². The lowest BCUT2D eigenvalue weighted by Gasteiger charge is -2.51. The van der Waals surface area contributed by atoms with E-state index in [-0.39, 0.29) is 11.5 Å². The molecule has 0 spiro atoms. The summed E-state index contributed by atoms with van der Waals surface area (Å²) in [6.45, 7) is 6.69. The van der Waals surface area contributed by atoms with Crippen LogP contribution in [-0.4, -0.2) is 55.0 Å². The van der Waals surface area contributed by atoms with Crippen LogP contribution in [0.4, 0.5) is 0 Å². The second-order valence-electron chi connectivity index (χ2n) is 6.79. The fraction of sp³-hybridized carbons (Fsp3) is 0.800. The second-order valence-corrected chi connectivity index (χ2v) is 8.78. The first-order chi connectivity index (χ1) is 10.7. The van der Waals surface area contributed by atoms with Crippen molar-refractivity contribution in [2.75, 3.05) is 21.2 Å². The summed E-state index contributed by atoms with van der Waals surface area (Å²) >= 11 is 0. The number of hydrogen-bond acceptors (Lipinski definition) is 5. The van der Waals surface area contributed by atoms with E-state index in [9.17, 15) is 8.42 Å². The highest BCUT2D eigenvalue weighted by Crippen LogP contribution is 2.42. The first-order valence-electron chi connectivity index (χ1n) is 7.90. The lowest BCUT2D eigenvalue weighted by atomic mass is 9.64. The molecule has 0 aromatic carbocycles. The quantitative estimate of drug-likeness (QED) is 0.799. The van der Waals surface area contributed by atoms with E-state index in [1.807, 2.05) is 6.92 Å². The molecular weight excluding hydrogens is 316 g/mol. The lowest BCUT2D eigenvalue weighted by Crippen LogP contribution is -2.60. The number of aromatic nitrogens is 2. The lowest BCUT2D eigenvalue weighted by molar-refractivity contribution is -0.0979. The minimum Gasteiger partial charge on any atom is -0.381 e. The molecule has 2 atom stereocenters. The molecule has 0 radical (unpaired) electrons. The van der Waals surface area contributed by atoms with E-state index in [0.717, 1.165) is 6.42 Å². The van der Waals surface area contributed by atoms with Crippen molar-refractivity contribution in [2.24, 2.45) is 5.41 Å². The van der Waals surface area contributed by atoms with Crippen LogP contribution in [0.5, 0.6) is 0 Å². The fourth-order valence-electron chi connectivity index (χ4n) is 3.08. The molecule has 132 valence electrons. The molecule has 1 saturated carbocycles. The predicted octanol–water partition coefficient (Wildman–Crippen LogP) is 1.00. The molecular formula is C15H28N4O3S. The molecule has 1 aromatic rings. The van der Waals surface area contributed by atoms with Crippen LogP contribution in [0.15, 0.2) is 6.20 Å². The molecule has 23 heavy (non-hydrogen) atoms. The van der Waals surface area contributed by atoms with E-state index in [0.29, 0.717) is 30.5 Å². The Bertz CT molecular complexity index is 652. The van der Waals surface area contributed by atoms with Gasteiger partial charge in [-0.3, -0.25) is 0 Å². The monoisotopic (exact) mass is 344 g/mol. The third-order valence-corrected chi connectivity index (χ3v) is 6.69. The third-order valence-electron chi connectivity index (χ3n) is 4.86. The first kappa shape index (κ1) is 18.4. The Morgan fingerprint density at radius 2 is 2.13 bits per heavy atom. The van der Waals surface area contributed by atoms with E-state index in [1.165, 1.54) is 22.4 Å². The first-order valence-corrected chi connectivity index (χ1v) is 9.30. The predicted molar refractivity (Wildman–Crippen MR) is 89.4 cm³/mol. The zero-order valence-electron chi connectivity index (χ0n) is 14.8. The Hall–Kier alpha value is -0.960. The molecule has 1 fully saturated rings. The van der Waals surface area contributed by atoms with Crippen molar-refractivity contribution in [2.45, 2.75) is 52.3 Å². The van der Waals surface area contributed by atoms with E-state index in [4.69, 9.17) is 4.74 Å². The van der Waals surface area contributed by atoms with Gasteiger partial charge in [-0.15, -0.1) is 0 Å². The molecule has 0 bridgehead atoms. The van der Waals surface area contributed by atoms with Crippen LogP contribution in [0, 0.1) is 5.41 Å². The molecule has 1 aromatic heterocycles. The van der Waals surface area contributed by atoms with Crippen molar-refractivity contribution in [3.8, 4) is 0 Å². The average Bonchev–Trinajstić information content (AvgIpc) is 2.89. The Morgan fingerprint density at radius 3 is 2.61 bits per heavy atom. The summed E-state index contributed by atoms with van der Waals surface area (Å²) in [5.41, 5.74) is 0.695. The van der Waals surface area contributed by atoms with Gasteiger partial charge in [0.2, 0.25) is 0 Å². The number of hydrogen-bond donors (Lipinski definition) is 1. The summed E-state index contributed by atoms with van der Waals surface area (Å²) in [6, 6.07) is 0.294. The van der Waals surface area contributed by atoms with Gasteiger partial charge >= 0.3 is 10.2 Å². The molecule has 1 aliphatic rings. The van der Waals surface area contributed by atoms with Gasteiger partial charge in [-0.1, -0.05) is 20.8 Å². The maximum absolute atomic E-state index is 12.5. The highest BCUT2D eigenvalue weighted by atomic mass is 32.2. The van der Waals surface area contributed by atoms with Gasteiger partial charge in [-0.2, -0.15) is 12.7 Å². The minimum atomic E-state index is -3.56. The molecule has 2 rings (SSSR count). The third kappa shape index (κ3) is 3.17. The minimum absolute atomic E-state index is 0.0353. The summed E-state index contributed by atoms with van der Waals surface area (Å²) in [4.78, 5) is 4.27. The van der Waals surface area contributed by atoms with Crippen molar-refractivity contribution < 1.29 is 13.2 Å². The summed E-state index contributed by atoms with van der Waals surface area (Å²) in [7, 11) is 1.23. The number of imidazole rings is 1. The zero-order valence-corrected chi connectivity index (χ0v) is 15.6. The molecule has 1 aliphatic carbocycles. The number of nitrogens with one attached hydrogen (secondary N) is 1. The average molecular weight is 344 g/mol. The van der Waals surface area contributed by atoms with Gasteiger partial charge in [0.1, 0.15) is 5.82 Å². The van der Waals surface area contributed by atoms with Gasteiger partial charge in [0.05, 0.1) is 18.0 Å². The number of aryl methyl sites for hydroxylation is 1. The van der Waals surface area contributed by atoms with Gasteiger partial charge in [0.15, 0.2) is 0 Å². The SMILES string of the molecule is CCc1ncc(CNC2CC(OC)C2(C)C)n1S(=O)(=O)N(C)C. The second kappa shape index (κ2) is 6.51. The van der Waals surface area contributed by atoms with Crippen LogP contribution >= 0.6 is 0 Å². The molecule has 0 saturated heterocycles. The highest BCUT2D eigenvalue weighted by Gasteiger charge is 2.48. The molecule has 1 heterocycles. The summed E-state index contributed by atoms with van der Waals surface area (Å²) in [5.74, 6) is 0.554. The van der Waals surface area contributed by atoms with Gasteiger partial charge in [0, 0.05) is 45.6 Å². The van der Waals surface area contributed by atoms with Crippen LogP contribution in [-0.2, 0) is 27.9 Å². The fourth-order valence-corrected chi connectivity index (χ4v) is 4.25. The maximum atomic E-state index is 12.5. The van der Waals surface area contributed by atoms with Crippen LogP contribution in [0.25, 0.3) is 0 Å². The van der Waals surface area contributed by atoms with Crippen molar-refractivity contribution in [3.63, 3.8) is 0 Å². The highest BCUT2D eigenvalue weighted by molar-refractivity contribution is 7.87. The number of rotatable bonds is 7. The van der Waals surface area contributed by atoms with Crippen molar-refractivity contribution >= 4 is 10.2 Å². The van der Waals surface area contributed by atoms with Crippen molar-refractivity contribution in [3.05, 3.63) is 17.7 Å². The van der Waals surface area contributed by atoms with Crippen molar-refractivity contribution in [1.82, 2.24) is 18.6 Å². The Labute approximate surface area is 139 Å². The van der Waals surface area contributed by atoms with Gasteiger partial charge in [-0.25, -0.2) is 8.96 Å². The molecule has 7 nitrogen and oxygen atoms in total. The molecule has 8 heteroatoms. The molecule has 0 aliphatic heterocycles. The van der Waals surface area contributed by atoms with Crippen LogP contribution in [0.2, 0.25) is 0 Å². The Kier molecular flexibility index (Phi) is 5.20. The Morgan fingerprint density at radius 1 is 1.48 bits per heavy atom. The van der Waals surface area contributed by atoms with E-state index >= 15 is 0 Å². The summed E-state index contributed by atoms with van der Waals surface area (Å²) < 4.78 is 33.1. The van der Waals surface area contributed by atoms with E-state index < -0.39 is 10.2 Å². The van der Waals surface area contributed by atoms with E-state index in [2.05, 4.69) is 24.1 Å². The van der Waals surface area contributed by atoms with Crippen molar-refractivity contribution in [1.29, 1.82) is 0 Å². The topological polar surface area (TPSA) is 76.5 Å². The number of nitrogens with zero attached hydrogens (tertiary/aromatic N) is 3. The maximum Gasteiger partial charge on any atom is 0.308 e. The normalized spacial score (nSPS) is 24.0. The Balaban J connectivity index is 2.18. The van der Waals surface area contributed by atoms with E-state index in [1.54, 1.807) is 13.3 Å².